The van der Waals surface area contributed by atoms with E-state index >= 15 is 0 Å². The lowest BCUT2D eigenvalue weighted by Crippen LogP contribution is -2.49. The van der Waals surface area contributed by atoms with Crippen molar-refractivity contribution in [3.8, 4) is 0 Å². The summed E-state index contributed by atoms with van der Waals surface area (Å²) in [7, 11) is 0. The van der Waals surface area contributed by atoms with Crippen LogP contribution in [0.25, 0.3) is 0 Å². The monoisotopic (exact) mass is 390 g/mol. The molecule has 9 nitrogen and oxygen atoms in total. The van der Waals surface area contributed by atoms with Gasteiger partial charge in [-0.25, -0.2) is 0 Å². The van der Waals surface area contributed by atoms with Gasteiger partial charge in [-0.2, -0.15) is 0 Å². The summed E-state index contributed by atoms with van der Waals surface area (Å²) in [6.07, 6.45) is 1.87. The third-order valence-corrected chi connectivity index (χ3v) is 3.81. The van der Waals surface area contributed by atoms with Crippen molar-refractivity contribution in [1.82, 2.24) is 16.2 Å². The van der Waals surface area contributed by atoms with Crippen LogP contribution in [0, 0.1) is 0 Å². The molecule has 0 bridgehead atoms. The first kappa shape index (κ1) is 23.0. The number of ketones is 2. The maximum atomic E-state index is 11.9. The van der Waals surface area contributed by atoms with Crippen molar-refractivity contribution >= 4 is 29.3 Å². The van der Waals surface area contributed by atoms with Gasteiger partial charge in [0.2, 0.25) is 17.6 Å². The van der Waals surface area contributed by atoms with Gasteiger partial charge in [0.05, 0.1) is 12.6 Å². The third-order valence-electron chi connectivity index (χ3n) is 3.81. The Hall–Kier alpha value is -3.07. The zero-order valence-electron chi connectivity index (χ0n) is 15.8. The van der Waals surface area contributed by atoms with Crippen LogP contribution < -0.4 is 21.9 Å². The van der Waals surface area contributed by atoms with E-state index in [2.05, 4.69) is 10.7 Å². The number of nitrogens with two attached hydrogens (primary N) is 1. The van der Waals surface area contributed by atoms with Crippen LogP contribution in [-0.2, 0) is 30.4 Å². The van der Waals surface area contributed by atoms with Gasteiger partial charge in [0.1, 0.15) is 5.78 Å². The van der Waals surface area contributed by atoms with E-state index in [0.29, 0.717) is 25.7 Å². The van der Waals surface area contributed by atoms with Crippen LogP contribution in [0.1, 0.15) is 38.2 Å². The Morgan fingerprint density at radius 3 is 2.25 bits per heavy atom. The average Bonchev–Trinajstić information content (AvgIpc) is 2.67. The summed E-state index contributed by atoms with van der Waals surface area (Å²) in [6, 6.07) is 8.30. The van der Waals surface area contributed by atoms with Crippen LogP contribution in [0.3, 0.4) is 0 Å². The summed E-state index contributed by atoms with van der Waals surface area (Å²) < 4.78 is 0. The molecule has 0 heterocycles. The number of carbonyl (C=O) groups is 5. The molecule has 0 fully saturated rings. The molecule has 0 aliphatic carbocycles. The number of hydrazine groups is 1. The minimum atomic E-state index is -1.05. The molecule has 5 N–H and O–H groups in total. The number of hydrogen-bond donors (Lipinski definition) is 4. The number of unbranched alkanes of at least 4 members (excludes halogenated alkanes) is 1. The molecule has 0 unspecified atom stereocenters. The summed E-state index contributed by atoms with van der Waals surface area (Å²) in [5.41, 5.74) is 10.8. The molecule has 0 radical (unpaired) electrons. The maximum Gasteiger partial charge on any atom is 0.307 e. The van der Waals surface area contributed by atoms with Crippen LogP contribution in [0.5, 0.6) is 0 Å². The lowest BCUT2D eigenvalue weighted by molar-refractivity contribution is -0.140. The van der Waals surface area contributed by atoms with Crippen LogP contribution in [0.4, 0.5) is 0 Å². The smallest absolute Gasteiger partial charge is 0.307 e. The Balaban J connectivity index is 2.24. The highest BCUT2D eigenvalue weighted by molar-refractivity contribution is 6.37. The van der Waals surface area contributed by atoms with E-state index in [1.54, 1.807) is 0 Å². The molecule has 1 atom stereocenters. The summed E-state index contributed by atoms with van der Waals surface area (Å²) in [4.78, 5) is 57.6. The van der Waals surface area contributed by atoms with E-state index in [1.807, 2.05) is 35.8 Å². The number of hydrogen-bond acceptors (Lipinski definition) is 6. The summed E-state index contributed by atoms with van der Waals surface area (Å²) >= 11 is 0. The van der Waals surface area contributed by atoms with Crippen LogP contribution in [-0.4, -0.2) is 41.9 Å². The zero-order chi connectivity index (χ0) is 20.9. The number of amides is 3. The Labute approximate surface area is 163 Å². The molecule has 3 amide bonds. The number of rotatable bonds is 11. The van der Waals surface area contributed by atoms with Crippen molar-refractivity contribution in [3.63, 3.8) is 0 Å². The summed E-state index contributed by atoms with van der Waals surface area (Å²) in [6.45, 7) is 0.945. The SMILES string of the molecule is CC(=O)CCCCC(=O)NNC(=O)C(=O)CNC(=O)[C@@H](N)Cc1ccccc1. The van der Waals surface area contributed by atoms with E-state index in [4.69, 9.17) is 5.73 Å². The minimum Gasteiger partial charge on any atom is -0.347 e. The lowest BCUT2D eigenvalue weighted by atomic mass is 10.1. The van der Waals surface area contributed by atoms with Gasteiger partial charge in [-0.05, 0) is 31.7 Å². The number of benzene rings is 1. The molecule has 0 aliphatic rings. The van der Waals surface area contributed by atoms with E-state index in [-0.39, 0.29) is 12.2 Å². The quantitative estimate of drug-likeness (QED) is 0.228. The largest absolute Gasteiger partial charge is 0.347 e. The maximum absolute atomic E-state index is 11.9. The highest BCUT2D eigenvalue weighted by Crippen LogP contribution is 2.02. The van der Waals surface area contributed by atoms with Gasteiger partial charge in [-0.15, -0.1) is 0 Å². The molecule has 0 spiro atoms. The van der Waals surface area contributed by atoms with E-state index < -0.39 is 36.1 Å². The molecule has 1 aromatic carbocycles. The van der Waals surface area contributed by atoms with Gasteiger partial charge < -0.3 is 15.8 Å². The topological polar surface area (TPSA) is 147 Å². The van der Waals surface area contributed by atoms with Gasteiger partial charge in [0.15, 0.2) is 0 Å². The van der Waals surface area contributed by atoms with Crippen molar-refractivity contribution in [2.45, 2.75) is 45.1 Å². The van der Waals surface area contributed by atoms with Gasteiger partial charge >= 0.3 is 5.91 Å². The molecule has 0 saturated heterocycles. The van der Waals surface area contributed by atoms with Crippen LogP contribution >= 0.6 is 0 Å². The third kappa shape index (κ3) is 9.58. The zero-order valence-corrected chi connectivity index (χ0v) is 15.8. The van der Waals surface area contributed by atoms with Gasteiger partial charge in [-0.3, -0.25) is 30.0 Å². The molecular weight excluding hydrogens is 364 g/mol. The fraction of sp³-hybridized carbons (Fsp3) is 0.421. The predicted octanol–water partition coefficient (Wildman–Crippen LogP) is -0.461. The van der Waals surface area contributed by atoms with E-state index in [9.17, 15) is 24.0 Å². The first-order valence-corrected chi connectivity index (χ1v) is 8.98. The van der Waals surface area contributed by atoms with Crippen molar-refractivity contribution in [3.05, 3.63) is 35.9 Å². The molecule has 9 heteroatoms. The van der Waals surface area contributed by atoms with E-state index in [0.717, 1.165) is 5.56 Å². The van der Waals surface area contributed by atoms with Crippen LogP contribution in [0.2, 0.25) is 0 Å². The summed E-state index contributed by atoms with van der Waals surface area (Å²) in [5, 5.41) is 2.30. The number of nitrogens with one attached hydrogen (secondary N) is 3. The highest BCUT2D eigenvalue weighted by Gasteiger charge is 2.18. The molecule has 0 saturated carbocycles. The molecule has 0 aliphatic heterocycles. The normalized spacial score (nSPS) is 11.2. The first-order valence-electron chi connectivity index (χ1n) is 8.98. The second-order valence-electron chi connectivity index (χ2n) is 6.35. The highest BCUT2D eigenvalue weighted by atomic mass is 16.2. The molecular formula is C19H26N4O5. The van der Waals surface area contributed by atoms with Gasteiger partial charge in [0.25, 0.3) is 0 Å². The van der Waals surface area contributed by atoms with Crippen molar-refractivity contribution < 1.29 is 24.0 Å². The Morgan fingerprint density at radius 1 is 0.964 bits per heavy atom. The van der Waals surface area contributed by atoms with Crippen molar-refractivity contribution in [2.75, 3.05) is 6.54 Å². The predicted molar refractivity (Wildman–Crippen MR) is 102 cm³/mol. The fourth-order valence-electron chi connectivity index (χ4n) is 2.26. The number of carbonyl (C=O) groups excluding carboxylic acids is 5. The molecule has 0 aromatic heterocycles. The second kappa shape index (κ2) is 12.3. The lowest BCUT2D eigenvalue weighted by Gasteiger charge is -2.12. The molecule has 152 valence electrons. The fourth-order valence-corrected chi connectivity index (χ4v) is 2.26. The van der Waals surface area contributed by atoms with Gasteiger partial charge in [-0.1, -0.05) is 30.3 Å². The first-order chi connectivity index (χ1) is 13.3. The average molecular weight is 390 g/mol. The second-order valence-corrected chi connectivity index (χ2v) is 6.35. The summed E-state index contributed by atoms with van der Waals surface area (Å²) in [5.74, 6) is -2.95. The van der Waals surface area contributed by atoms with Gasteiger partial charge in [0, 0.05) is 12.8 Å². The number of Topliss-reactive ketones (excluding diaryl/α,β-unsaturated/α-hetero) is 2. The van der Waals surface area contributed by atoms with Crippen molar-refractivity contribution in [2.24, 2.45) is 5.73 Å². The standard InChI is InChI=1S/C19H26N4O5/c1-13(24)7-5-6-10-17(26)22-23-19(28)16(25)12-21-18(27)15(20)11-14-8-3-2-4-9-14/h2-4,8-9,15H,5-7,10-12,20H2,1H3,(H,21,27)(H,22,26)(H,23,28)/t15-/m0/s1. The Kier molecular flexibility index (Phi) is 10.1. The molecule has 1 rings (SSSR count). The Bertz CT molecular complexity index is 706. The van der Waals surface area contributed by atoms with Crippen molar-refractivity contribution in [1.29, 1.82) is 0 Å². The van der Waals surface area contributed by atoms with E-state index in [1.165, 1.54) is 6.92 Å². The van der Waals surface area contributed by atoms with Crippen LogP contribution in [0.15, 0.2) is 30.3 Å². The Morgan fingerprint density at radius 2 is 1.61 bits per heavy atom. The molecule has 1 aromatic rings. The molecule has 28 heavy (non-hydrogen) atoms. The minimum absolute atomic E-state index is 0.0461.